The number of rotatable bonds is 6. The molecule has 3 rings (SSSR count). The molecule has 10 heteroatoms. The van der Waals surface area contributed by atoms with E-state index in [0.29, 0.717) is 17.9 Å². The molecule has 0 unspecified atom stereocenters. The molecule has 0 saturated heterocycles. The molecular weight excluding hydrogens is 477 g/mol. The molecule has 0 N–H and O–H groups in total. The van der Waals surface area contributed by atoms with E-state index >= 15 is 0 Å². The topological polar surface area (TPSA) is 68.3 Å². The van der Waals surface area contributed by atoms with Crippen molar-refractivity contribution in [3.63, 3.8) is 0 Å². The van der Waals surface area contributed by atoms with Crippen LogP contribution < -0.4 is 0 Å². The molecule has 164 valence electrons. The van der Waals surface area contributed by atoms with Crippen LogP contribution in [0.15, 0.2) is 47.4 Å². The van der Waals surface area contributed by atoms with Gasteiger partial charge in [-0.2, -0.15) is 0 Å². The zero-order chi connectivity index (χ0) is 22.2. The number of halogens is 4. The van der Waals surface area contributed by atoms with Gasteiger partial charge in [-0.3, -0.25) is 0 Å². The highest BCUT2D eigenvalue weighted by Gasteiger charge is 2.50. The lowest BCUT2D eigenvalue weighted by molar-refractivity contribution is 0.281. The summed E-state index contributed by atoms with van der Waals surface area (Å²) in [5.74, 6) is -1.82. The van der Waals surface area contributed by atoms with Crippen molar-refractivity contribution in [3.8, 4) is 0 Å². The fourth-order valence-corrected chi connectivity index (χ4v) is 7.28. The van der Waals surface area contributed by atoms with Gasteiger partial charge in [-0.15, -0.1) is 0 Å². The van der Waals surface area contributed by atoms with Gasteiger partial charge < -0.3 is 0 Å². The minimum atomic E-state index is -4.11. The number of sulfone groups is 1. The summed E-state index contributed by atoms with van der Waals surface area (Å²) in [6.45, 7) is 0. The van der Waals surface area contributed by atoms with Crippen molar-refractivity contribution in [2.75, 3.05) is 5.75 Å². The minimum absolute atomic E-state index is 0.0302. The highest BCUT2D eigenvalue weighted by Crippen LogP contribution is 2.49. The summed E-state index contributed by atoms with van der Waals surface area (Å²) >= 11 is 5.87. The average Bonchev–Trinajstić information content (AvgIpc) is 2.68. The highest BCUT2D eigenvalue weighted by atomic mass is 35.7. The smallest absolute Gasteiger partial charge is 0.223 e. The van der Waals surface area contributed by atoms with E-state index in [1.54, 1.807) is 0 Å². The molecule has 0 aliphatic heterocycles. The number of hydrogen-bond donors (Lipinski definition) is 0. The Kier molecular flexibility index (Phi) is 6.82. The van der Waals surface area contributed by atoms with E-state index in [1.807, 2.05) is 0 Å². The summed E-state index contributed by atoms with van der Waals surface area (Å²) in [6, 6.07) is 8.37. The van der Waals surface area contributed by atoms with Gasteiger partial charge in [0.1, 0.15) is 16.4 Å². The second-order valence-electron chi connectivity index (χ2n) is 7.55. The lowest BCUT2D eigenvalue weighted by atomic mass is 9.77. The van der Waals surface area contributed by atoms with Crippen LogP contribution >= 0.6 is 22.3 Å². The lowest BCUT2D eigenvalue weighted by Gasteiger charge is -2.40. The van der Waals surface area contributed by atoms with E-state index in [9.17, 15) is 25.6 Å². The summed E-state index contributed by atoms with van der Waals surface area (Å²) in [6.07, 6.45) is 1.04. The molecule has 0 amide bonds. The quantitative estimate of drug-likeness (QED) is 0.499. The van der Waals surface area contributed by atoms with Gasteiger partial charge in [0.05, 0.1) is 10.6 Å². The second-order valence-corrected chi connectivity index (χ2v) is 13.1. The zero-order valence-corrected chi connectivity index (χ0v) is 19.0. The van der Waals surface area contributed by atoms with Gasteiger partial charge in [0, 0.05) is 21.3 Å². The van der Waals surface area contributed by atoms with Gasteiger partial charge >= 0.3 is 0 Å². The predicted molar refractivity (Wildman–Crippen MR) is 113 cm³/mol. The minimum Gasteiger partial charge on any atom is -0.223 e. The summed E-state index contributed by atoms with van der Waals surface area (Å²) in [5.41, 5.74) is -0.208. The Morgan fingerprint density at radius 2 is 1.57 bits per heavy atom. The van der Waals surface area contributed by atoms with E-state index in [2.05, 4.69) is 0 Å². The maximum Gasteiger partial charge on any atom is 0.232 e. The van der Waals surface area contributed by atoms with Gasteiger partial charge in [0.25, 0.3) is 0 Å². The number of benzene rings is 2. The first kappa shape index (κ1) is 23.4. The molecule has 4 nitrogen and oxygen atoms in total. The average molecular weight is 497 g/mol. The van der Waals surface area contributed by atoms with Crippen molar-refractivity contribution < 1.29 is 25.6 Å². The van der Waals surface area contributed by atoms with E-state index in [1.165, 1.54) is 24.3 Å². The van der Waals surface area contributed by atoms with Crippen LogP contribution in [0.1, 0.15) is 37.7 Å². The Morgan fingerprint density at radius 1 is 0.967 bits per heavy atom. The molecule has 0 spiro atoms. The van der Waals surface area contributed by atoms with Gasteiger partial charge in [0.2, 0.25) is 9.05 Å². The highest BCUT2D eigenvalue weighted by molar-refractivity contribution is 8.13. The largest absolute Gasteiger partial charge is 0.232 e. The Morgan fingerprint density at radius 3 is 2.13 bits per heavy atom. The third-order valence-corrected chi connectivity index (χ3v) is 9.73. The van der Waals surface area contributed by atoms with E-state index in [0.717, 1.165) is 18.2 Å². The normalized spacial score (nSPS) is 22.7. The van der Waals surface area contributed by atoms with Gasteiger partial charge in [-0.25, -0.2) is 25.6 Å². The fourth-order valence-electron chi connectivity index (χ4n) is 4.11. The zero-order valence-electron chi connectivity index (χ0n) is 15.8. The van der Waals surface area contributed by atoms with Crippen LogP contribution in [0.2, 0.25) is 5.02 Å². The fraction of sp³-hybridized carbons (Fsp3) is 0.400. The monoisotopic (exact) mass is 496 g/mol. The van der Waals surface area contributed by atoms with Crippen LogP contribution in [-0.2, 0) is 23.6 Å². The first-order chi connectivity index (χ1) is 13.9. The third-order valence-electron chi connectivity index (χ3n) is 5.74. The molecule has 30 heavy (non-hydrogen) atoms. The molecule has 2 aromatic carbocycles. The van der Waals surface area contributed by atoms with Gasteiger partial charge in [0.15, 0.2) is 9.84 Å². The Hall–Kier alpha value is -1.22. The summed E-state index contributed by atoms with van der Waals surface area (Å²) in [7, 11) is -2.49. The molecule has 1 saturated carbocycles. The van der Waals surface area contributed by atoms with E-state index < -0.39 is 35.3 Å². The molecule has 0 atom stereocenters. The molecule has 2 aromatic rings. The van der Waals surface area contributed by atoms with Crippen LogP contribution in [0.4, 0.5) is 8.78 Å². The molecule has 1 aliphatic carbocycles. The van der Waals surface area contributed by atoms with Crippen molar-refractivity contribution in [1.29, 1.82) is 0 Å². The molecule has 0 radical (unpaired) electrons. The Labute approximate surface area is 184 Å². The molecule has 1 fully saturated rings. The van der Waals surface area contributed by atoms with Crippen LogP contribution in [0.5, 0.6) is 0 Å². The second kappa shape index (κ2) is 8.73. The number of hydrogen-bond acceptors (Lipinski definition) is 4. The molecular formula is C20H20Cl2F2O4S2. The van der Waals surface area contributed by atoms with E-state index in [4.69, 9.17) is 22.3 Å². The van der Waals surface area contributed by atoms with Crippen LogP contribution in [0.25, 0.3) is 0 Å². The summed E-state index contributed by atoms with van der Waals surface area (Å²) < 4.78 is 76.9. The standard InChI is InChI=1S/C20H20Cl2F2O4S2/c21-15-1-4-17(5-2-15)30(27,28)20(18-13-16(23)3-6-19(18)24)10-7-14(8-11-20)9-12-29(22,25)26/h1-6,13-14H,7-12H2. The van der Waals surface area contributed by atoms with Crippen molar-refractivity contribution in [3.05, 3.63) is 64.7 Å². The van der Waals surface area contributed by atoms with Crippen molar-refractivity contribution in [1.82, 2.24) is 0 Å². The van der Waals surface area contributed by atoms with Gasteiger partial charge in [-0.05, 0) is 80.5 Å². The maximum atomic E-state index is 14.8. The predicted octanol–water partition coefficient (Wildman–Crippen LogP) is 5.44. The molecule has 1 aliphatic rings. The lowest BCUT2D eigenvalue weighted by Crippen LogP contribution is -2.41. The summed E-state index contributed by atoms with van der Waals surface area (Å²) in [5, 5.41) is 0.353. The molecule has 0 heterocycles. The molecule has 0 bridgehead atoms. The molecule has 0 aromatic heterocycles. The van der Waals surface area contributed by atoms with Crippen LogP contribution in [0.3, 0.4) is 0 Å². The van der Waals surface area contributed by atoms with Crippen molar-refractivity contribution in [2.24, 2.45) is 5.92 Å². The van der Waals surface area contributed by atoms with E-state index in [-0.39, 0.29) is 41.4 Å². The van der Waals surface area contributed by atoms with Crippen LogP contribution in [-0.4, -0.2) is 22.6 Å². The third kappa shape index (κ3) is 4.82. The summed E-state index contributed by atoms with van der Waals surface area (Å²) in [4.78, 5) is -0.0302. The van der Waals surface area contributed by atoms with Crippen molar-refractivity contribution in [2.45, 2.75) is 41.7 Å². The SMILES string of the molecule is O=S(=O)(Cl)CCC1CCC(c2cc(F)ccc2F)(S(=O)(=O)c2ccc(Cl)cc2)CC1. The first-order valence-electron chi connectivity index (χ1n) is 9.33. The maximum absolute atomic E-state index is 14.8. The van der Waals surface area contributed by atoms with Crippen LogP contribution in [0, 0.1) is 17.6 Å². The Bertz CT molecular complexity index is 1130. The van der Waals surface area contributed by atoms with Gasteiger partial charge in [-0.1, -0.05) is 11.6 Å². The first-order valence-corrected chi connectivity index (χ1v) is 13.7. The van der Waals surface area contributed by atoms with Crippen molar-refractivity contribution >= 4 is 41.2 Å². The Balaban J connectivity index is 2.03.